The van der Waals surface area contributed by atoms with Gasteiger partial charge in [-0.3, -0.25) is 9.59 Å². The summed E-state index contributed by atoms with van der Waals surface area (Å²) in [4.78, 5) is 24.2. The molecule has 0 radical (unpaired) electrons. The molecule has 3 N–H and O–H groups in total. The summed E-state index contributed by atoms with van der Waals surface area (Å²) in [6.07, 6.45) is 0.815. The van der Waals surface area contributed by atoms with Crippen molar-refractivity contribution in [2.24, 2.45) is 5.73 Å². The Morgan fingerprint density at radius 1 is 1.50 bits per heavy atom. The average Bonchev–Trinajstić information content (AvgIpc) is 2.72. The minimum absolute atomic E-state index is 0.0227. The van der Waals surface area contributed by atoms with Crippen LogP contribution in [-0.4, -0.2) is 30.1 Å². The molecule has 0 aliphatic carbocycles. The molecule has 1 amide bonds. The third kappa shape index (κ3) is 2.09. The second-order valence-electron chi connectivity index (χ2n) is 4.44. The standard InChI is InChI=1S/C13H16N2O3/c1-8(16)15-5-4-9-2-3-10(6-12(9)15)11(7-14)13(17)18/h2-3,6,11H,4-5,7,14H2,1H3,(H,17,18). The zero-order valence-corrected chi connectivity index (χ0v) is 10.2. The van der Waals surface area contributed by atoms with Crippen LogP contribution in [0, 0.1) is 0 Å². The summed E-state index contributed by atoms with van der Waals surface area (Å²) < 4.78 is 0. The molecule has 1 aliphatic heterocycles. The van der Waals surface area contributed by atoms with E-state index in [4.69, 9.17) is 10.8 Å². The van der Waals surface area contributed by atoms with Gasteiger partial charge in [-0.2, -0.15) is 0 Å². The number of nitrogens with two attached hydrogens (primary N) is 1. The van der Waals surface area contributed by atoms with Gasteiger partial charge in [-0.05, 0) is 23.6 Å². The molecule has 1 aromatic carbocycles. The second kappa shape index (κ2) is 4.78. The van der Waals surface area contributed by atoms with Gasteiger partial charge in [0, 0.05) is 25.7 Å². The van der Waals surface area contributed by atoms with Crippen molar-refractivity contribution in [3.05, 3.63) is 29.3 Å². The number of nitrogens with zero attached hydrogens (tertiary/aromatic N) is 1. The molecule has 18 heavy (non-hydrogen) atoms. The molecule has 96 valence electrons. The van der Waals surface area contributed by atoms with E-state index in [-0.39, 0.29) is 12.5 Å². The highest BCUT2D eigenvalue weighted by Gasteiger charge is 2.25. The zero-order chi connectivity index (χ0) is 13.3. The van der Waals surface area contributed by atoms with Crippen molar-refractivity contribution in [3.8, 4) is 0 Å². The minimum Gasteiger partial charge on any atom is -0.481 e. The van der Waals surface area contributed by atoms with E-state index < -0.39 is 11.9 Å². The number of hydrogen-bond donors (Lipinski definition) is 2. The molecule has 5 nitrogen and oxygen atoms in total. The first kappa shape index (κ1) is 12.6. The lowest BCUT2D eigenvalue weighted by Gasteiger charge is -2.17. The Morgan fingerprint density at radius 2 is 2.22 bits per heavy atom. The number of carboxylic acids is 1. The summed E-state index contributed by atoms with van der Waals surface area (Å²) in [5, 5.41) is 9.09. The van der Waals surface area contributed by atoms with Crippen LogP contribution in [-0.2, 0) is 16.0 Å². The number of benzene rings is 1. The van der Waals surface area contributed by atoms with Crippen LogP contribution < -0.4 is 10.6 Å². The maximum Gasteiger partial charge on any atom is 0.312 e. The molecule has 0 saturated heterocycles. The molecular weight excluding hydrogens is 232 g/mol. The van der Waals surface area contributed by atoms with Crippen LogP contribution in [0.25, 0.3) is 0 Å². The largest absolute Gasteiger partial charge is 0.481 e. The molecule has 1 aliphatic rings. The second-order valence-corrected chi connectivity index (χ2v) is 4.44. The molecule has 1 unspecified atom stereocenters. The average molecular weight is 248 g/mol. The molecule has 0 spiro atoms. The first-order valence-electron chi connectivity index (χ1n) is 5.88. The molecule has 1 heterocycles. The van der Waals surface area contributed by atoms with E-state index in [0.717, 1.165) is 17.7 Å². The fraction of sp³-hybridized carbons (Fsp3) is 0.385. The van der Waals surface area contributed by atoms with Crippen LogP contribution in [0.3, 0.4) is 0 Å². The number of rotatable bonds is 3. The molecule has 1 atom stereocenters. The Bertz CT molecular complexity index is 499. The van der Waals surface area contributed by atoms with Crippen LogP contribution in [0.4, 0.5) is 5.69 Å². The molecule has 0 fully saturated rings. The van der Waals surface area contributed by atoms with Crippen LogP contribution in [0.2, 0.25) is 0 Å². The first-order chi connectivity index (χ1) is 8.54. The Kier molecular flexibility index (Phi) is 3.34. The van der Waals surface area contributed by atoms with E-state index >= 15 is 0 Å². The summed E-state index contributed by atoms with van der Waals surface area (Å²) in [7, 11) is 0. The van der Waals surface area contributed by atoms with Crippen LogP contribution >= 0.6 is 0 Å². The summed E-state index contributed by atoms with van der Waals surface area (Å²) in [6, 6.07) is 5.45. The van der Waals surface area contributed by atoms with Gasteiger partial charge in [0.2, 0.25) is 5.91 Å². The summed E-state index contributed by atoms with van der Waals surface area (Å²) >= 11 is 0. The molecular formula is C13H16N2O3. The topological polar surface area (TPSA) is 83.6 Å². The number of carboxylic acid groups (broad SMARTS) is 1. The molecule has 5 heteroatoms. The van der Waals surface area contributed by atoms with Crippen molar-refractivity contribution in [3.63, 3.8) is 0 Å². The summed E-state index contributed by atoms with van der Waals surface area (Å²) in [5.41, 5.74) is 8.03. The molecule has 1 aromatic rings. The van der Waals surface area contributed by atoms with E-state index in [0.29, 0.717) is 12.1 Å². The number of fused-ring (bicyclic) bond motifs is 1. The highest BCUT2D eigenvalue weighted by atomic mass is 16.4. The van der Waals surface area contributed by atoms with E-state index in [1.165, 1.54) is 6.92 Å². The predicted octanol–water partition coefficient (Wildman–Crippen LogP) is 0.723. The van der Waals surface area contributed by atoms with Gasteiger partial charge in [-0.1, -0.05) is 12.1 Å². The van der Waals surface area contributed by atoms with Crippen LogP contribution in [0.5, 0.6) is 0 Å². The van der Waals surface area contributed by atoms with Crippen molar-refractivity contribution >= 4 is 17.6 Å². The maximum absolute atomic E-state index is 11.5. The molecule has 0 saturated carbocycles. The van der Waals surface area contributed by atoms with E-state index in [2.05, 4.69) is 0 Å². The fourth-order valence-electron chi connectivity index (χ4n) is 2.32. The van der Waals surface area contributed by atoms with Gasteiger partial charge >= 0.3 is 5.97 Å². The van der Waals surface area contributed by atoms with Crippen molar-refractivity contribution in [1.82, 2.24) is 0 Å². The Morgan fingerprint density at radius 3 is 2.78 bits per heavy atom. The van der Waals surface area contributed by atoms with E-state index in [1.807, 2.05) is 6.07 Å². The van der Waals surface area contributed by atoms with Gasteiger partial charge < -0.3 is 15.7 Å². The van der Waals surface area contributed by atoms with E-state index in [1.54, 1.807) is 17.0 Å². The zero-order valence-electron chi connectivity index (χ0n) is 10.2. The van der Waals surface area contributed by atoms with Gasteiger partial charge in [-0.15, -0.1) is 0 Å². The monoisotopic (exact) mass is 248 g/mol. The van der Waals surface area contributed by atoms with Gasteiger partial charge in [0.1, 0.15) is 0 Å². The Labute approximate surface area is 105 Å². The number of hydrogen-bond acceptors (Lipinski definition) is 3. The normalized spacial score (nSPS) is 15.3. The maximum atomic E-state index is 11.5. The lowest BCUT2D eigenvalue weighted by atomic mass is 9.97. The lowest BCUT2D eigenvalue weighted by Crippen LogP contribution is -2.26. The number of carbonyl (C=O) groups is 2. The predicted molar refractivity (Wildman–Crippen MR) is 67.6 cm³/mol. The van der Waals surface area contributed by atoms with Crippen molar-refractivity contribution in [1.29, 1.82) is 0 Å². The smallest absolute Gasteiger partial charge is 0.312 e. The third-order valence-electron chi connectivity index (χ3n) is 3.32. The quantitative estimate of drug-likeness (QED) is 0.825. The minimum atomic E-state index is -0.940. The van der Waals surface area contributed by atoms with Gasteiger partial charge in [-0.25, -0.2) is 0 Å². The highest BCUT2D eigenvalue weighted by Crippen LogP contribution is 2.31. The van der Waals surface area contributed by atoms with Crippen molar-refractivity contribution in [2.45, 2.75) is 19.3 Å². The van der Waals surface area contributed by atoms with Crippen LogP contribution in [0.1, 0.15) is 24.0 Å². The summed E-state index contributed by atoms with van der Waals surface area (Å²) in [5.74, 6) is -1.68. The van der Waals surface area contributed by atoms with Crippen LogP contribution in [0.15, 0.2) is 18.2 Å². The van der Waals surface area contributed by atoms with Gasteiger partial charge in [0.25, 0.3) is 0 Å². The molecule has 2 rings (SSSR count). The molecule has 0 aromatic heterocycles. The highest BCUT2D eigenvalue weighted by molar-refractivity contribution is 5.94. The van der Waals surface area contributed by atoms with Crippen molar-refractivity contribution < 1.29 is 14.7 Å². The first-order valence-corrected chi connectivity index (χ1v) is 5.88. The number of aliphatic carboxylic acids is 1. The lowest BCUT2D eigenvalue weighted by molar-refractivity contribution is -0.138. The number of anilines is 1. The van der Waals surface area contributed by atoms with Gasteiger partial charge in [0.15, 0.2) is 0 Å². The molecule has 0 bridgehead atoms. The van der Waals surface area contributed by atoms with E-state index in [9.17, 15) is 9.59 Å². The fourth-order valence-corrected chi connectivity index (χ4v) is 2.32. The SMILES string of the molecule is CC(=O)N1CCc2ccc(C(CN)C(=O)O)cc21. The number of carbonyl (C=O) groups excluding carboxylic acids is 1. The third-order valence-corrected chi connectivity index (χ3v) is 3.32. The summed E-state index contributed by atoms with van der Waals surface area (Å²) in [6.45, 7) is 2.22. The van der Waals surface area contributed by atoms with Crippen molar-refractivity contribution in [2.75, 3.05) is 18.0 Å². The number of amides is 1. The Balaban J connectivity index is 2.40. The van der Waals surface area contributed by atoms with Gasteiger partial charge in [0.05, 0.1) is 5.92 Å². The Hall–Kier alpha value is -1.88.